The van der Waals surface area contributed by atoms with E-state index in [4.69, 9.17) is 5.84 Å². The minimum atomic E-state index is -0.175. The number of hydrazine groups is 1. The summed E-state index contributed by atoms with van der Waals surface area (Å²) in [5.41, 5.74) is 1.48. The molecule has 1 aromatic rings. The molecule has 1 aromatic heterocycles. The Hall–Kier alpha value is -1.68. The molecule has 0 saturated heterocycles. The van der Waals surface area contributed by atoms with Crippen LogP contribution in [0.2, 0.25) is 0 Å². The molecule has 0 radical (unpaired) electrons. The van der Waals surface area contributed by atoms with Gasteiger partial charge in [-0.25, -0.2) is 10.9 Å². The third-order valence-electron chi connectivity index (χ3n) is 2.47. The molecule has 0 unspecified atom stereocenters. The van der Waals surface area contributed by atoms with Gasteiger partial charge < -0.3 is 0 Å². The summed E-state index contributed by atoms with van der Waals surface area (Å²) in [6.45, 7) is 0. The molecule has 0 atom stereocenters. The molecule has 4 heteroatoms. The second-order valence-electron chi connectivity index (χ2n) is 3.50. The van der Waals surface area contributed by atoms with Crippen LogP contribution in [0, 0.1) is 0 Å². The average Bonchev–Trinajstić information content (AvgIpc) is 2.82. The van der Waals surface area contributed by atoms with Crippen molar-refractivity contribution in [2.24, 2.45) is 5.84 Å². The predicted molar refractivity (Wildman–Crippen MR) is 56.5 cm³/mol. The molecule has 0 aliphatic heterocycles. The van der Waals surface area contributed by atoms with Crippen LogP contribution in [0.4, 0.5) is 0 Å². The molecule has 1 amide bonds. The van der Waals surface area contributed by atoms with Gasteiger partial charge in [0.25, 0.3) is 5.91 Å². The van der Waals surface area contributed by atoms with Crippen molar-refractivity contribution >= 4 is 5.91 Å². The number of pyridine rings is 1. The molecule has 0 aromatic carbocycles. The van der Waals surface area contributed by atoms with Gasteiger partial charge in [0.2, 0.25) is 0 Å². The minimum absolute atomic E-state index is 0.175. The first-order valence-electron chi connectivity index (χ1n) is 4.97. The molecule has 78 valence electrons. The lowest BCUT2D eigenvalue weighted by atomic mass is 10.2. The third kappa shape index (κ3) is 2.05. The van der Waals surface area contributed by atoms with Crippen LogP contribution in [0.3, 0.4) is 0 Å². The SMILES string of the molecule is NN(C(=O)c1ccncc1)C1=CCCC1. The number of carbonyl (C=O) groups is 1. The van der Waals surface area contributed by atoms with Crippen LogP contribution in [0.15, 0.2) is 36.3 Å². The van der Waals surface area contributed by atoms with Crippen molar-refractivity contribution in [1.29, 1.82) is 0 Å². The highest BCUT2D eigenvalue weighted by Gasteiger charge is 2.17. The second-order valence-corrected chi connectivity index (χ2v) is 3.50. The van der Waals surface area contributed by atoms with Crippen LogP contribution in [0.5, 0.6) is 0 Å². The Kier molecular flexibility index (Phi) is 2.78. The number of allylic oxidation sites excluding steroid dienone is 2. The van der Waals surface area contributed by atoms with Gasteiger partial charge >= 0.3 is 0 Å². The number of hydrogen-bond donors (Lipinski definition) is 1. The van der Waals surface area contributed by atoms with Gasteiger partial charge in [0.1, 0.15) is 0 Å². The Bertz CT molecular complexity index is 386. The molecule has 0 saturated carbocycles. The number of hydrogen-bond acceptors (Lipinski definition) is 3. The Labute approximate surface area is 88.4 Å². The van der Waals surface area contributed by atoms with Crippen molar-refractivity contribution in [3.63, 3.8) is 0 Å². The van der Waals surface area contributed by atoms with E-state index in [-0.39, 0.29) is 5.91 Å². The van der Waals surface area contributed by atoms with E-state index in [2.05, 4.69) is 4.98 Å². The molecule has 0 fully saturated rings. The molecule has 1 aliphatic carbocycles. The number of aromatic nitrogens is 1. The summed E-state index contributed by atoms with van der Waals surface area (Å²) in [5.74, 6) is 5.57. The zero-order valence-corrected chi connectivity index (χ0v) is 8.39. The van der Waals surface area contributed by atoms with Gasteiger partial charge in [-0.2, -0.15) is 0 Å². The van der Waals surface area contributed by atoms with E-state index in [1.807, 2.05) is 6.08 Å². The van der Waals surface area contributed by atoms with E-state index >= 15 is 0 Å². The van der Waals surface area contributed by atoms with Crippen molar-refractivity contribution in [3.05, 3.63) is 41.9 Å². The fourth-order valence-electron chi connectivity index (χ4n) is 1.64. The first-order valence-corrected chi connectivity index (χ1v) is 4.97. The van der Waals surface area contributed by atoms with Crippen molar-refractivity contribution in [3.8, 4) is 0 Å². The first-order chi connectivity index (χ1) is 7.29. The van der Waals surface area contributed by atoms with Crippen molar-refractivity contribution < 1.29 is 4.79 Å². The normalized spacial score (nSPS) is 14.9. The Morgan fingerprint density at radius 1 is 1.40 bits per heavy atom. The summed E-state index contributed by atoms with van der Waals surface area (Å²) in [6.07, 6.45) is 8.15. The zero-order valence-electron chi connectivity index (χ0n) is 8.39. The predicted octanol–water partition coefficient (Wildman–Crippen LogP) is 1.47. The van der Waals surface area contributed by atoms with Gasteiger partial charge in [0, 0.05) is 23.7 Å². The van der Waals surface area contributed by atoms with Crippen LogP contribution < -0.4 is 5.84 Å². The van der Waals surface area contributed by atoms with Gasteiger partial charge in [-0.05, 0) is 31.4 Å². The molecular weight excluding hydrogens is 190 g/mol. The number of nitrogens with two attached hydrogens (primary N) is 1. The van der Waals surface area contributed by atoms with Crippen molar-refractivity contribution in [2.75, 3.05) is 0 Å². The van der Waals surface area contributed by atoms with Gasteiger partial charge in [-0.3, -0.25) is 9.78 Å². The lowest BCUT2D eigenvalue weighted by Gasteiger charge is -2.17. The molecule has 0 spiro atoms. The lowest BCUT2D eigenvalue weighted by Crippen LogP contribution is -2.36. The van der Waals surface area contributed by atoms with Crippen LogP contribution in [-0.4, -0.2) is 15.9 Å². The Morgan fingerprint density at radius 2 is 2.13 bits per heavy atom. The molecule has 1 aliphatic rings. The largest absolute Gasteiger partial charge is 0.272 e. The molecular formula is C11H13N3O. The average molecular weight is 203 g/mol. The third-order valence-corrected chi connectivity index (χ3v) is 2.47. The van der Waals surface area contributed by atoms with E-state index in [9.17, 15) is 4.79 Å². The van der Waals surface area contributed by atoms with Crippen LogP contribution in [0.1, 0.15) is 29.6 Å². The molecule has 4 nitrogen and oxygen atoms in total. The fourth-order valence-corrected chi connectivity index (χ4v) is 1.64. The van der Waals surface area contributed by atoms with Crippen molar-refractivity contribution in [2.45, 2.75) is 19.3 Å². The van der Waals surface area contributed by atoms with E-state index < -0.39 is 0 Å². The summed E-state index contributed by atoms with van der Waals surface area (Å²) < 4.78 is 0. The van der Waals surface area contributed by atoms with E-state index in [0.29, 0.717) is 5.56 Å². The monoisotopic (exact) mass is 203 g/mol. The summed E-state index contributed by atoms with van der Waals surface area (Å²) in [5, 5.41) is 1.24. The van der Waals surface area contributed by atoms with Crippen molar-refractivity contribution in [1.82, 2.24) is 9.99 Å². The van der Waals surface area contributed by atoms with E-state index in [1.54, 1.807) is 24.5 Å². The second kappa shape index (κ2) is 4.23. The maximum absolute atomic E-state index is 11.9. The molecule has 15 heavy (non-hydrogen) atoms. The lowest BCUT2D eigenvalue weighted by molar-refractivity contribution is 0.0802. The highest BCUT2D eigenvalue weighted by Crippen LogP contribution is 2.20. The van der Waals surface area contributed by atoms with Gasteiger partial charge in [0.05, 0.1) is 0 Å². The van der Waals surface area contributed by atoms with E-state index in [0.717, 1.165) is 25.0 Å². The molecule has 0 bridgehead atoms. The topological polar surface area (TPSA) is 59.2 Å². The smallest absolute Gasteiger partial charge is 0.267 e. The minimum Gasteiger partial charge on any atom is -0.267 e. The molecule has 2 N–H and O–H groups in total. The summed E-state index contributed by atoms with van der Waals surface area (Å²) in [7, 11) is 0. The molecule has 1 heterocycles. The Morgan fingerprint density at radius 3 is 2.73 bits per heavy atom. The molecule has 2 rings (SSSR count). The summed E-state index contributed by atoms with van der Waals surface area (Å²) in [6, 6.07) is 3.33. The quantitative estimate of drug-likeness (QED) is 0.450. The highest BCUT2D eigenvalue weighted by molar-refractivity contribution is 5.94. The summed E-state index contributed by atoms with van der Waals surface area (Å²) >= 11 is 0. The highest BCUT2D eigenvalue weighted by atomic mass is 16.2. The summed E-state index contributed by atoms with van der Waals surface area (Å²) in [4.78, 5) is 15.7. The van der Waals surface area contributed by atoms with E-state index in [1.165, 1.54) is 5.01 Å². The van der Waals surface area contributed by atoms with Crippen LogP contribution >= 0.6 is 0 Å². The van der Waals surface area contributed by atoms with Crippen LogP contribution in [-0.2, 0) is 0 Å². The zero-order chi connectivity index (χ0) is 10.7. The fraction of sp³-hybridized carbons (Fsp3) is 0.273. The number of nitrogens with zero attached hydrogens (tertiary/aromatic N) is 2. The number of carbonyl (C=O) groups excluding carboxylic acids is 1. The Balaban J connectivity index is 2.14. The number of amides is 1. The van der Waals surface area contributed by atoms with Gasteiger partial charge in [-0.15, -0.1) is 0 Å². The maximum Gasteiger partial charge on any atom is 0.272 e. The number of rotatable bonds is 2. The van der Waals surface area contributed by atoms with Gasteiger partial charge in [0.15, 0.2) is 0 Å². The first kappa shape index (κ1) is 9.86. The van der Waals surface area contributed by atoms with Gasteiger partial charge in [-0.1, -0.05) is 6.08 Å². The maximum atomic E-state index is 11.9. The van der Waals surface area contributed by atoms with Crippen LogP contribution in [0.25, 0.3) is 0 Å². The standard InChI is InChI=1S/C11H13N3O/c12-14(10-3-1-2-4-10)11(15)9-5-7-13-8-6-9/h3,5-8H,1-2,4,12H2.